The van der Waals surface area contributed by atoms with Crippen LogP contribution in [0.3, 0.4) is 0 Å². The van der Waals surface area contributed by atoms with Crippen molar-refractivity contribution < 1.29 is 9.53 Å². The third-order valence-corrected chi connectivity index (χ3v) is 5.18. The van der Waals surface area contributed by atoms with Gasteiger partial charge in [-0.3, -0.25) is 4.90 Å². The molecule has 2 aromatic carbocycles. The highest BCUT2D eigenvalue weighted by Crippen LogP contribution is 2.23. The zero-order valence-corrected chi connectivity index (χ0v) is 16.8. The molecule has 1 aliphatic rings. The number of hydrogen-bond acceptors (Lipinski definition) is 3. The van der Waals surface area contributed by atoms with Gasteiger partial charge in [-0.05, 0) is 37.0 Å². The maximum absolute atomic E-state index is 12.1. The molecule has 0 saturated carbocycles. The van der Waals surface area contributed by atoms with E-state index in [0.717, 1.165) is 38.9 Å². The van der Waals surface area contributed by atoms with Crippen LogP contribution < -0.4 is 15.4 Å². The molecule has 1 heterocycles. The van der Waals surface area contributed by atoms with E-state index in [9.17, 15) is 4.79 Å². The molecule has 2 aromatic rings. The van der Waals surface area contributed by atoms with Gasteiger partial charge >= 0.3 is 6.03 Å². The van der Waals surface area contributed by atoms with Gasteiger partial charge in [-0.1, -0.05) is 54.1 Å². The number of likely N-dealkylation sites (tertiary alicyclic amines) is 1. The van der Waals surface area contributed by atoms with Crippen molar-refractivity contribution in [2.45, 2.75) is 31.8 Å². The standard InChI is InChI=1S/C22H28ClN3O2/c23-20-9-4-5-10-21(20)28-16-6-13-24-22(27)25-19-11-14-26(15-12-19)17-18-7-2-1-3-8-18/h1-5,7-10,19H,6,11-17H2,(H2,24,25,27). The van der Waals surface area contributed by atoms with Crippen molar-refractivity contribution in [1.82, 2.24) is 15.5 Å². The molecule has 0 spiro atoms. The second-order valence-electron chi connectivity index (χ2n) is 7.07. The van der Waals surface area contributed by atoms with E-state index in [4.69, 9.17) is 16.3 Å². The van der Waals surface area contributed by atoms with Crippen molar-refractivity contribution >= 4 is 17.6 Å². The molecular weight excluding hydrogens is 374 g/mol. The Morgan fingerprint density at radius 1 is 1.07 bits per heavy atom. The summed E-state index contributed by atoms with van der Waals surface area (Å²) < 4.78 is 5.62. The molecule has 0 radical (unpaired) electrons. The van der Waals surface area contributed by atoms with Crippen LogP contribution in [-0.4, -0.2) is 43.2 Å². The first-order valence-electron chi connectivity index (χ1n) is 9.88. The predicted octanol–water partition coefficient (Wildman–Crippen LogP) is 4.07. The van der Waals surface area contributed by atoms with Gasteiger partial charge in [-0.2, -0.15) is 0 Å². The third kappa shape index (κ3) is 6.73. The van der Waals surface area contributed by atoms with Crippen molar-refractivity contribution in [1.29, 1.82) is 0 Å². The molecule has 3 rings (SSSR count). The molecule has 0 aromatic heterocycles. The molecule has 1 saturated heterocycles. The molecule has 28 heavy (non-hydrogen) atoms. The number of carbonyl (C=O) groups excluding carboxylic acids is 1. The summed E-state index contributed by atoms with van der Waals surface area (Å²) in [5.74, 6) is 0.677. The van der Waals surface area contributed by atoms with E-state index >= 15 is 0 Å². The first-order chi connectivity index (χ1) is 13.7. The van der Waals surface area contributed by atoms with Gasteiger partial charge in [-0.25, -0.2) is 4.79 Å². The molecule has 150 valence electrons. The maximum Gasteiger partial charge on any atom is 0.315 e. The zero-order valence-electron chi connectivity index (χ0n) is 16.1. The fourth-order valence-electron chi connectivity index (χ4n) is 3.33. The molecule has 2 N–H and O–H groups in total. The molecule has 1 fully saturated rings. The van der Waals surface area contributed by atoms with Gasteiger partial charge in [0.1, 0.15) is 5.75 Å². The lowest BCUT2D eigenvalue weighted by Crippen LogP contribution is -2.47. The van der Waals surface area contributed by atoms with E-state index in [0.29, 0.717) is 23.9 Å². The fourth-order valence-corrected chi connectivity index (χ4v) is 3.52. The van der Waals surface area contributed by atoms with E-state index in [1.54, 1.807) is 6.07 Å². The molecule has 0 bridgehead atoms. The lowest BCUT2D eigenvalue weighted by atomic mass is 10.0. The molecular formula is C22H28ClN3O2. The summed E-state index contributed by atoms with van der Waals surface area (Å²) >= 11 is 6.04. The summed E-state index contributed by atoms with van der Waals surface area (Å²) in [7, 11) is 0. The molecule has 1 aliphatic heterocycles. The second-order valence-corrected chi connectivity index (χ2v) is 7.48. The van der Waals surface area contributed by atoms with Crippen molar-refractivity contribution in [3.8, 4) is 5.75 Å². The van der Waals surface area contributed by atoms with E-state index < -0.39 is 0 Å². The highest BCUT2D eigenvalue weighted by Gasteiger charge is 2.20. The number of carbonyl (C=O) groups is 1. The normalized spacial score (nSPS) is 15.2. The predicted molar refractivity (Wildman–Crippen MR) is 113 cm³/mol. The van der Waals surface area contributed by atoms with Gasteiger partial charge in [0.15, 0.2) is 0 Å². The number of piperidine rings is 1. The van der Waals surface area contributed by atoms with Gasteiger partial charge in [0, 0.05) is 32.2 Å². The highest BCUT2D eigenvalue weighted by atomic mass is 35.5. The minimum absolute atomic E-state index is 0.0979. The van der Waals surface area contributed by atoms with Crippen LogP contribution in [0.25, 0.3) is 0 Å². The average molecular weight is 402 g/mol. The molecule has 0 atom stereocenters. The van der Waals surface area contributed by atoms with E-state index in [2.05, 4.69) is 39.8 Å². The molecule has 5 nitrogen and oxygen atoms in total. The Morgan fingerprint density at radius 3 is 2.54 bits per heavy atom. The number of rotatable bonds is 8. The lowest BCUT2D eigenvalue weighted by molar-refractivity contribution is 0.186. The minimum Gasteiger partial charge on any atom is -0.492 e. The number of hydrogen-bond donors (Lipinski definition) is 2. The zero-order chi connectivity index (χ0) is 19.6. The summed E-state index contributed by atoms with van der Waals surface area (Å²) in [4.78, 5) is 14.5. The van der Waals surface area contributed by atoms with Gasteiger partial charge in [0.2, 0.25) is 0 Å². The highest BCUT2D eigenvalue weighted by molar-refractivity contribution is 6.32. The summed E-state index contributed by atoms with van der Waals surface area (Å²) in [6, 6.07) is 18.1. The minimum atomic E-state index is -0.0979. The number of nitrogens with zero attached hydrogens (tertiary/aromatic N) is 1. The Labute approximate surface area is 172 Å². The van der Waals surface area contributed by atoms with Crippen LogP contribution in [0.2, 0.25) is 5.02 Å². The third-order valence-electron chi connectivity index (χ3n) is 4.87. The summed E-state index contributed by atoms with van der Waals surface area (Å²) in [5, 5.41) is 6.59. The largest absolute Gasteiger partial charge is 0.492 e. The quantitative estimate of drug-likeness (QED) is 0.655. The van der Waals surface area contributed by atoms with E-state index in [1.165, 1.54) is 5.56 Å². The molecule has 6 heteroatoms. The maximum atomic E-state index is 12.1. The van der Waals surface area contributed by atoms with Gasteiger partial charge < -0.3 is 15.4 Å². The Kier molecular flexibility index (Phi) is 8.00. The summed E-state index contributed by atoms with van der Waals surface area (Å²) in [6.45, 7) is 4.08. The van der Waals surface area contributed by atoms with Crippen LogP contribution in [0.4, 0.5) is 4.79 Å². The molecule has 2 amide bonds. The van der Waals surface area contributed by atoms with Crippen molar-refractivity contribution in [3.63, 3.8) is 0 Å². The monoisotopic (exact) mass is 401 g/mol. The Balaban J connectivity index is 1.26. The van der Waals surface area contributed by atoms with Crippen LogP contribution >= 0.6 is 11.6 Å². The van der Waals surface area contributed by atoms with Crippen LogP contribution in [0.15, 0.2) is 54.6 Å². The molecule has 0 aliphatic carbocycles. The topological polar surface area (TPSA) is 53.6 Å². The van der Waals surface area contributed by atoms with Crippen molar-refractivity contribution in [2.75, 3.05) is 26.2 Å². The Morgan fingerprint density at radius 2 is 1.79 bits per heavy atom. The van der Waals surface area contributed by atoms with Crippen LogP contribution in [0.1, 0.15) is 24.8 Å². The average Bonchev–Trinajstić information content (AvgIpc) is 2.71. The van der Waals surface area contributed by atoms with E-state index in [1.807, 2.05) is 24.3 Å². The lowest BCUT2D eigenvalue weighted by Gasteiger charge is -2.32. The first kappa shape index (κ1) is 20.5. The number of para-hydroxylation sites is 1. The fraction of sp³-hybridized carbons (Fsp3) is 0.409. The summed E-state index contributed by atoms with van der Waals surface area (Å²) in [5.41, 5.74) is 1.34. The Bertz CT molecular complexity index is 734. The number of urea groups is 1. The number of ether oxygens (including phenoxy) is 1. The van der Waals surface area contributed by atoms with Crippen LogP contribution in [-0.2, 0) is 6.54 Å². The van der Waals surface area contributed by atoms with Gasteiger partial charge in [-0.15, -0.1) is 0 Å². The van der Waals surface area contributed by atoms with Crippen LogP contribution in [0, 0.1) is 0 Å². The number of benzene rings is 2. The van der Waals surface area contributed by atoms with Crippen molar-refractivity contribution in [2.24, 2.45) is 0 Å². The molecule has 0 unspecified atom stereocenters. The first-order valence-corrected chi connectivity index (χ1v) is 10.3. The number of nitrogens with one attached hydrogen (secondary N) is 2. The SMILES string of the molecule is O=C(NCCCOc1ccccc1Cl)NC1CCN(Cc2ccccc2)CC1. The summed E-state index contributed by atoms with van der Waals surface area (Å²) in [6.07, 6.45) is 2.69. The van der Waals surface area contributed by atoms with E-state index in [-0.39, 0.29) is 12.1 Å². The van der Waals surface area contributed by atoms with Gasteiger partial charge in [0.25, 0.3) is 0 Å². The number of halogens is 1. The smallest absolute Gasteiger partial charge is 0.315 e. The van der Waals surface area contributed by atoms with Crippen molar-refractivity contribution in [3.05, 3.63) is 65.2 Å². The Hall–Kier alpha value is -2.24. The van der Waals surface area contributed by atoms with Crippen LogP contribution in [0.5, 0.6) is 5.75 Å². The number of amides is 2. The second kappa shape index (κ2) is 10.9. The van der Waals surface area contributed by atoms with Gasteiger partial charge in [0.05, 0.1) is 11.6 Å².